The van der Waals surface area contributed by atoms with Gasteiger partial charge in [-0.15, -0.1) is 11.6 Å². The van der Waals surface area contributed by atoms with Crippen LogP contribution in [0.3, 0.4) is 0 Å². The first-order valence-corrected chi connectivity index (χ1v) is 4.58. The molecule has 0 aliphatic carbocycles. The lowest BCUT2D eigenvalue weighted by Gasteiger charge is -2.09. The molecule has 0 aliphatic heterocycles. The van der Waals surface area contributed by atoms with Crippen LogP contribution in [0.15, 0.2) is 0 Å². The van der Waals surface area contributed by atoms with E-state index in [0.29, 0.717) is 0 Å². The number of hydrogen-bond acceptors (Lipinski definition) is 2. The van der Waals surface area contributed by atoms with Crippen LogP contribution in [-0.2, 0) is 4.57 Å². The SMILES string of the molecule is CC(N)P(=O)(O)CCl. The molecule has 8 heavy (non-hydrogen) atoms. The lowest BCUT2D eigenvalue weighted by atomic mass is 10.8. The summed E-state index contributed by atoms with van der Waals surface area (Å²) < 4.78 is 10.6. The molecule has 0 spiro atoms. The molecule has 0 rings (SSSR count). The van der Waals surface area contributed by atoms with Crippen LogP contribution in [0.25, 0.3) is 0 Å². The Morgan fingerprint density at radius 3 is 2.38 bits per heavy atom. The summed E-state index contributed by atoms with van der Waals surface area (Å²) in [6.45, 7) is 1.46. The fourth-order valence-electron chi connectivity index (χ4n) is 0.109. The van der Waals surface area contributed by atoms with Gasteiger partial charge in [0.1, 0.15) is 5.62 Å². The molecule has 0 aliphatic rings. The molecule has 0 radical (unpaired) electrons. The minimum Gasteiger partial charge on any atom is -0.342 e. The molecule has 0 amide bonds. The standard InChI is InChI=1S/C3H9ClNO2P/c1-3(5)8(6,7)2-4/h3H,2,5H2,1H3,(H,6,7). The van der Waals surface area contributed by atoms with Gasteiger partial charge in [-0.3, -0.25) is 4.57 Å². The van der Waals surface area contributed by atoms with E-state index in [0.717, 1.165) is 0 Å². The molecule has 0 fully saturated rings. The van der Waals surface area contributed by atoms with Crippen molar-refractivity contribution < 1.29 is 9.46 Å². The van der Waals surface area contributed by atoms with Crippen molar-refractivity contribution in [3.8, 4) is 0 Å². The van der Waals surface area contributed by atoms with Gasteiger partial charge in [-0.25, -0.2) is 0 Å². The molecule has 0 aromatic heterocycles. The molecule has 2 atom stereocenters. The number of nitrogens with two attached hydrogens (primary N) is 1. The zero-order chi connectivity index (χ0) is 6.78. The highest BCUT2D eigenvalue weighted by Gasteiger charge is 2.21. The second kappa shape index (κ2) is 2.83. The van der Waals surface area contributed by atoms with E-state index in [-0.39, 0.29) is 5.62 Å². The Labute approximate surface area is 53.3 Å². The first-order chi connectivity index (χ1) is 3.50. The number of hydrogen-bond donors (Lipinski definition) is 2. The van der Waals surface area contributed by atoms with Gasteiger partial charge in [0.2, 0.25) is 7.37 Å². The maximum Gasteiger partial charge on any atom is 0.230 e. The Morgan fingerprint density at radius 1 is 2.00 bits per heavy atom. The molecule has 0 saturated carbocycles. The maximum absolute atomic E-state index is 10.6. The van der Waals surface area contributed by atoms with Gasteiger partial charge in [-0.2, -0.15) is 0 Å². The van der Waals surface area contributed by atoms with Gasteiger partial charge >= 0.3 is 0 Å². The summed E-state index contributed by atoms with van der Waals surface area (Å²) in [5.41, 5.74) is 4.82. The minimum atomic E-state index is -3.20. The first-order valence-electron chi connectivity index (χ1n) is 2.13. The van der Waals surface area contributed by atoms with Gasteiger partial charge in [0.25, 0.3) is 0 Å². The molecule has 0 saturated heterocycles. The van der Waals surface area contributed by atoms with Crippen molar-refractivity contribution in [2.75, 3.05) is 5.62 Å². The largest absolute Gasteiger partial charge is 0.342 e. The van der Waals surface area contributed by atoms with Crippen molar-refractivity contribution >= 4 is 19.0 Å². The smallest absolute Gasteiger partial charge is 0.230 e. The normalized spacial score (nSPS) is 22.0. The third kappa shape index (κ3) is 2.14. The van der Waals surface area contributed by atoms with E-state index in [1.165, 1.54) is 6.92 Å². The molecule has 50 valence electrons. The van der Waals surface area contributed by atoms with Crippen LogP contribution in [0, 0.1) is 0 Å². The van der Waals surface area contributed by atoms with E-state index in [2.05, 4.69) is 0 Å². The van der Waals surface area contributed by atoms with Crippen molar-refractivity contribution in [1.29, 1.82) is 0 Å². The van der Waals surface area contributed by atoms with Gasteiger partial charge < -0.3 is 10.6 Å². The Hall–Kier alpha value is 0.440. The van der Waals surface area contributed by atoms with Crippen LogP contribution >= 0.6 is 19.0 Å². The fraction of sp³-hybridized carbons (Fsp3) is 1.00. The summed E-state index contributed by atoms with van der Waals surface area (Å²) in [4.78, 5) is 8.70. The second-order valence-electron chi connectivity index (χ2n) is 1.62. The topological polar surface area (TPSA) is 63.3 Å². The van der Waals surface area contributed by atoms with Crippen molar-refractivity contribution in [3.63, 3.8) is 0 Å². The van der Waals surface area contributed by atoms with Gasteiger partial charge in [-0.1, -0.05) is 0 Å². The molecule has 2 unspecified atom stereocenters. The second-order valence-corrected chi connectivity index (χ2v) is 4.90. The Morgan fingerprint density at radius 2 is 2.38 bits per heavy atom. The summed E-state index contributed by atoms with van der Waals surface area (Å²) >= 11 is 5.10. The Bertz CT molecular complexity index is 116. The number of alkyl halides is 1. The van der Waals surface area contributed by atoms with Crippen molar-refractivity contribution in [1.82, 2.24) is 0 Å². The van der Waals surface area contributed by atoms with E-state index < -0.39 is 13.2 Å². The van der Waals surface area contributed by atoms with Crippen molar-refractivity contribution in [2.24, 2.45) is 5.73 Å². The fourth-order valence-corrected chi connectivity index (χ4v) is 0.980. The lowest BCUT2D eigenvalue weighted by Crippen LogP contribution is -2.15. The summed E-state index contributed by atoms with van der Waals surface area (Å²) in [5, 5.41) is 0. The summed E-state index contributed by atoms with van der Waals surface area (Å²) in [7, 11) is -3.20. The average Bonchev–Trinajstić information content (AvgIpc) is 1.67. The Balaban J connectivity index is 3.93. The van der Waals surface area contributed by atoms with Crippen LogP contribution in [0.4, 0.5) is 0 Å². The summed E-state index contributed by atoms with van der Waals surface area (Å²) in [5.74, 6) is -0.708. The van der Waals surface area contributed by atoms with Gasteiger partial charge in [0.15, 0.2) is 0 Å². The molecular weight excluding hydrogens is 148 g/mol. The van der Waals surface area contributed by atoms with Crippen LogP contribution in [-0.4, -0.2) is 16.3 Å². The highest BCUT2D eigenvalue weighted by Crippen LogP contribution is 2.44. The average molecular weight is 158 g/mol. The molecule has 3 nitrogen and oxygen atoms in total. The summed E-state index contributed by atoms with van der Waals surface area (Å²) in [6, 6.07) is 0. The molecule has 0 aromatic rings. The minimum absolute atomic E-state index is 0.259. The monoisotopic (exact) mass is 157 g/mol. The van der Waals surface area contributed by atoms with E-state index in [1.807, 2.05) is 0 Å². The zero-order valence-electron chi connectivity index (χ0n) is 4.54. The van der Waals surface area contributed by atoms with Crippen LogP contribution in [0.2, 0.25) is 0 Å². The van der Waals surface area contributed by atoms with Gasteiger partial charge in [0, 0.05) is 0 Å². The van der Waals surface area contributed by atoms with Crippen LogP contribution in [0.1, 0.15) is 6.92 Å². The van der Waals surface area contributed by atoms with Crippen molar-refractivity contribution in [3.05, 3.63) is 0 Å². The lowest BCUT2D eigenvalue weighted by molar-refractivity contribution is 0.472. The molecule has 0 aromatic carbocycles. The van der Waals surface area contributed by atoms with Crippen molar-refractivity contribution in [2.45, 2.75) is 12.7 Å². The van der Waals surface area contributed by atoms with E-state index in [9.17, 15) is 4.57 Å². The summed E-state index contributed by atoms with van der Waals surface area (Å²) in [6.07, 6.45) is 0. The van der Waals surface area contributed by atoms with Crippen LogP contribution < -0.4 is 5.73 Å². The van der Waals surface area contributed by atoms with Gasteiger partial charge in [0.05, 0.1) is 5.78 Å². The maximum atomic E-state index is 10.6. The highest BCUT2D eigenvalue weighted by molar-refractivity contribution is 7.60. The van der Waals surface area contributed by atoms with E-state index in [4.69, 9.17) is 22.2 Å². The Kier molecular flexibility index (Phi) is 2.99. The molecule has 3 N–H and O–H groups in total. The van der Waals surface area contributed by atoms with E-state index in [1.54, 1.807) is 0 Å². The van der Waals surface area contributed by atoms with E-state index >= 15 is 0 Å². The molecular formula is C3H9ClNO2P. The number of rotatable bonds is 2. The predicted octanol–water partition coefficient (Wildman–Crippen LogP) is 0.758. The third-order valence-corrected chi connectivity index (χ3v) is 3.45. The third-order valence-electron chi connectivity index (χ3n) is 0.808. The zero-order valence-corrected chi connectivity index (χ0v) is 6.19. The molecule has 0 heterocycles. The van der Waals surface area contributed by atoms with Gasteiger partial charge in [-0.05, 0) is 6.92 Å². The molecule has 0 bridgehead atoms. The van der Waals surface area contributed by atoms with Crippen LogP contribution in [0.5, 0.6) is 0 Å². The predicted molar refractivity (Wildman–Crippen MR) is 34.2 cm³/mol. The molecule has 5 heteroatoms. The first kappa shape index (κ1) is 8.44. The highest BCUT2D eigenvalue weighted by atomic mass is 35.5. The quantitative estimate of drug-likeness (QED) is 0.460. The number of halogens is 1.